The quantitative estimate of drug-likeness (QED) is 0.562. The number of carbonyl (C=O) groups is 2. The zero-order chi connectivity index (χ0) is 23.2. The predicted octanol–water partition coefficient (Wildman–Crippen LogP) is 4.22. The van der Waals surface area contributed by atoms with Crippen molar-refractivity contribution in [2.75, 3.05) is 37.9 Å². The molecule has 0 bridgehead atoms. The summed E-state index contributed by atoms with van der Waals surface area (Å²) in [6, 6.07) is 14.2. The van der Waals surface area contributed by atoms with E-state index in [0.717, 1.165) is 17.8 Å². The molecule has 1 saturated heterocycles. The Kier molecular flexibility index (Phi) is 7.04. The number of aromatic nitrogens is 2. The molecule has 0 spiro atoms. The Hall–Kier alpha value is -3.66. The van der Waals surface area contributed by atoms with Gasteiger partial charge in [-0.3, -0.25) is 4.79 Å². The second kappa shape index (κ2) is 10.3. The Balaban J connectivity index is 1.41. The molecule has 9 nitrogen and oxygen atoms in total. The normalized spacial score (nSPS) is 15.6. The Morgan fingerprint density at radius 2 is 1.88 bits per heavy atom. The van der Waals surface area contributed by atoms with Crippen molar-refractivity contribution in [3.05, 3.63) is 58.5 Å². The van der Waals surface area contributed by atoms with E-state index < -0.39 is 0 Å². The molecule has 1 aromatic heterocycles. The lowest BCUT2D eigenvalue weighted by Crippen LogP contribution is -2.41. The van der Waals surface area contributed by atoms with Gasteiger partial charge in [0.15, 0.2) is 0 Å². The first-order chi connectivity index (χ1) is 16.1. The number of hydrogen-bond donors (Lipinski definition) is 2. The number of amides is 3. The van der Waals surface area contributed by atoms with E-state index in [1.807, 2.05) is 30.3 Å². The maximum Gasteiger partial charge on any atom is 0.321 e. The summed E-state index contributed by atoms with van der Waals surface area (Å²) in [5.41, 5.74) is 1.24. The number of nitrogens with zero attached hydrogens (tertiary/aromatic N) is 3. The number of benzene rings is 2. The molecular formula is C23H25N5O4S. The molecule has 0 saturated carbocycles. The third-order valence-electron chi connectivity index (χ3n) is 5.37. The molecule has 0 unspecified atom stereocenters. The van der Waals surface area contributed by atoms with Gasteiger partial charge in [-0.1, -0.05) is 29.5 Å². The van der Waals surface area contributed by atoms with Crippen LogP contribution in [0.2, 0.25) is 0 Å². The Bertz CT molecular complexity index is 1120. The van der Waals surface area contributed by atoms with E-state index in [0.29, 0.717) is 41.0 Å². The molecule has 1 atom stereocenters. The number of nitrogens with one attached hydrogen (secondary N) is 2. The summed E-state index contributed by atoms with van der Waals surface area (Å²) in [7, 11) is 3.12. The highest BCUT2D eigenvalue weighted by Crippen LogP contribution is 2.32. The van der Waals surface area contributed by atoms with Crippen LogP contribution in [0.1, 0.15) is 33.6 Å². The van der Waals surface area contributed by atoms with Crippen molar-refractivity contribution in [3.63, 3.8) is 0 Å². The molecule has 2 aromatic carbocycles. The zero-order valence-corrected chi connectivity index (χ0v) is 19.2. The molecule has 3 amide bonds. The number of hydrogen-bond acceptors (Lipinski definition) is 7. The van der Waals surface area contributed by atoms with Crippen molar-refractivity contribution in [2.24, 2.45) is 0 Å². The Labute approximate surface area is 195 Å². The maximum atomic E-state index is 13.0. The third kappa shape index (κ3) is 5.40. The summed E-state index contributed by atoms with van der Waals surface area (Å²) >= 11 is 1.27. The lowest BCUT2D eigenvalue weighted by molar-refractivity contribution is 0.102. The van der Waals surface area contributed by atoms with Gasteiger partial charge in [-0.2, -0.15) is 0 Å². The van der Waals surface area contributed by atoms with E-state index in [1.165, 1.54) is 11.3 Å². The summed E-state index contributed by atoms with van der Waals surface area (Å²) in [6.07, 6.45) is 1.71. The van der Waals surface area contributed by atoms with Crippen LogP contribution in [0.25, 0.3) is 0 Å². The Morgan fingerprint density at radius 1 is 1.06 bits per heavy atom. The van der Waals surface area contributed by atoms with Crippen LogP contribution in [0.5, 0.6) is 11.5 Å². The molecule has 3 aromatic rings. The van der Waals surface area contributed by atoms with Crippen molar-refractivity contribution < 1.29 is 19.1 Å². The zero-order valence-electron chi connectivity index (χ0n) is 18.4. The number of likely N-dealkylation sites (tertiary alicyclic amines) is 1. The summed E-state index contributed by atoms with van der Waals surface area (Å²) < 4.78 is 10.6. The second-order valence-electron chi connectivity index (χ2n) is 7.55. The summed E-state index contributed by atoms with van der Waals surface area (Å²) in [5, 5.41) is 15.1. The largest absolute Gasteiger partial charge is 0.497 e. The molecule has 2 heterocycles. The van der Waals surface area contributed by atoms with E-state index in [1.54, 1.807) is 37.3 Å². The van der Waals surface area contributed by atoms with Crippen LogP contribution in [0, 0.1) is 0 Å². The van der Waals surface area contributed by atoms with E-state index in [2.05, 4.69) is 20.8 Å². The van der Waals surface area contributed by atoms with Crippen LogP contribution in [-0.4, -0.2) is 54.3 Å². The van der Waals surface area contributed by atoms with Crippen LogP contribution < -0.4 is 20.1 Å². The molecule has 2 N–H and O–H groups in total. The molecule has 0 radical (unpaired) electrons. The van der Waals surface area contributed by atoms with Gasteiger partial charge in [-0.25, -0.2) is 4.79 Å². The van der Waals surface area contributed by atoms with Crippen molar-refractivity contribution in [1.82, 2.24) is 15.1 Å². The monoisotopic (exact) mass is 467 g/mol. The van der Waals surface area contributed by atoms with E-state index in [4.69, 9.17) is 9.47 Å². The highest BCUT2D eigenvalue weighted by atomic mass is 32.1. The summed E-state index contributed by atoms with van der Waals surface area (Å²) in [5.74, 6) is 0.904. The third-order valence-corrected chi connectivity index (χ3v) is 6.46. The fourth-order valence-corrected chi connectivity index (χ4v) is 4.53. The lowest BCUT2D eigenvalue weighted by Gasteiger charge is -2.31. The van der Waals surface area contributed by atoms with Gasteiger partial charge in [0, 0.05) is 30.8 Å². The highest BCUT2D eigenvalue weighted by molar-refractivity contribution is 7.13. The molecule has 1 aliphatic heterocycles. The standard InChI is InChI=1S/C23H25N5O4S/c1-31-17-10-11-19(32-2)18(13-17)25-23(30)28-12-6-7-15(14-28)21-26-27-22(33-21)20(29)24-16-8-4-3-5-9-16/h3-5,8-11,13,15H,6-7,12,14H2,1-2H3,(H,24,29)(H,25,30)/t15-/m0/s1. The van der Waals surface area contributed by atoms with Crippen LogP contribution in [-0.2, 0) is 0 Å². The molecule has 1 fully saturated rings. The number of rotatable bonds is 6. The van der Waals surface area contributed by atoms with Gasteiger partial charge in [-0.05, 0) is 37.1 Å². The molecule has 172 valence electrons. The SMILES string of the molecule is COc1ccc(OC)c(NC(=O)N2CCC[C@H](c3nnc(C(=O)Nc4ccccc4)s3)C2)c1. The minimum absolute atomic E-state index is 0.0208. The number of piperidine rings is 1. The van der Waals surface area contributed by atoms with Crippen molar-refractivity contribution in [2.45, 2.75) is 18.8 Å². The van der Waals surface area contributed by atoms with Gasteiger partial charge in [0.05, 0.1) is 19.9 Å². The predicted molar refractivity (Wildman–Crippen MR) is 126 cm³/mol. The summed E-state index contributed by atoms with van der Waals surface area (Å²) in [4.78, 5) is 27.2. The van der Waals surface area contributed by atoms with Gasteiger partial charge < -0.3 is 25.0 Å². The van der Waals surface area contributed by atoms with Crippen LogP contribution in [0.3, 0.4) is 0 Å². The number of para-hydroxylation sites is 1. The van der Waals surface area contributed by atoms with Gasteiger partial charge in [0.2, 0.25) is 5.01 Å². The lowest BCUT2D eigenvalue weighted by atomic mass is 9.99. The smallest absolute Gasteiger partial charge is 0.321 e. The van der Waals surface area contributed by atoms with Gasteiger partial charge >= 0.3 is 6.03 Å². The van der Waals surface area contributed by atoms with Crippen LogP contribution in [0.4, 0.5) is 16.2 Å². The first-order valence-corrected chi connectivity index (χ1v) is 11.4. The average molecular weight is 468 g/mol. The number of methoxy groups -OCH3 is 2. The molecular weight excluding hydrogens is 442 g/mol. The minimum Gasteiger partial charge on any atom is -0.497 e. The summed E-state index contributed by atoms with van der Waals surface area (Å²) in [6.45, 7) is 1.13. The number of urea groups is 1. The fraction of sp³-hybridized carbons (Fsp3) is 0.304. The topological polar surface area (TPSA) is 106 Å². The number of carbonyl (C=O) groups excluding carboxylic acids is 2. The van der Waals surface area contributed by atoms with E-state index in [-0.39, 0.29) is 17.9 Å². The first kappa shape index (κ1) is 22.5. The number of anilines is 2. The average Bonchev–Trinajstić information content (AvgIpc) is 3.35. The molecule has 10 heteroatoms. The molecule has 0 aliphatic carbocycles. The van der Waals surface area contributed by atoms with E-state index in [9.17, 15) is 9.59 Å². The van der Waals surface area contributed by atoms with Gasteiger partial charge in [-0.15, -0.1) is 10.2 Å². The van der Waals surface area contributed by atoms with Gasteiger partial charge in [0.1, 0.15) is 16.5 Å². The molecule has 33 heavy (non-hydrogen) atoms. The van der Waals surface area contributed by atoms with E-state index >= 15 is 0 Å². The van der Waals surface area contributed by atoms with Crippen LogP contribution >= 0.6 is 11.3 Å². The van der Waals surface area contributed by atoms with Crippen molar-refractivity contribution in [3.8, 4) is 11.5 Å². The number of ether oxygens (including phenoxy) is 2. The molecule has 1 aliphatic rings. The van der Waals surface area contributed by atoms with Crippen LogP contribution in [0.15, 0.2) is 48.5 Å². The Morgan fingerprint density at radius 3 is 2.64 bits per heavy atom. The fourth-order valence-electron chi connectivity index (χ4n) is 3.67. The van der Waals surface area contributed by atoms with Crippen molar-refractivity contribution >= 4 is 34.6 Å². The maximum absolute atomic E-state index is 13.0. The van der Waals surface area contributed by atoms with Gasteiger partial charge in [0.25, 0.3) is 5.91 Å². The molecule has 4 rings (SSSR count). The van der Waals surface area contributed by atoms with Crippen molar-refractivity contribution in [1.29, 1.82) is 0 Å². The second-order valence-corrected chi connectivity index (χ2v) is 8.56. The highest BCUT2D eigenvalue weighted by Gasteiger charge is 2.28. The first-order valence-electron chi connectivity index (χ1n) is 10.5. The minimum atomic E-state index is -0.291.